The van der Waals surface area contributed by atoms with E-state index in [0.717, 1.165) is 12.8 Å². The van der Waals surface area contributed by atoms with Crippen LogP contribution in [-0.2, 0) is 14.6 Å². The van der Waals surface area contributed by atoms with Gasteiger partial charge in [0.15, 0.2) is 9.84 Å². The number of aliphatic hydroxyl groups is 1. The molecule has 0 saturated carbocycles. The van der Waals surface area contributed by atoms with Gasteiger partial charge in [-0.2, -0.15) is 0 Å². The second kappa shape index (κ2) is 7.38. The molecule has 3 N–H and O–H groups in total. The molecule has 1 heterocycles. The van der Waals surface area contributed by atoms with Crippen LogP contribution in [0.25, 0.3) is 0 Å². The smallest absolute Gasteiger partial charge is 0.221 e. The molecule has 1 aliphatic heterocycles. The molecular weight excluding hydrogens is 280 g/mol. The first kappa shape index (κ1) is 17.4. The second-order valence-electron chi connectivity index (χ2n) is 5.61. The summed E-state index contributed by atoms with van der Waals surface area (Å²) in [7, 11) is -3.02. The Bertz CT molecular complexity index is 410. The molecule has 6 nitrogen and oxygen atoms in total. The lowest BCUT2D eigenvalue weighted by Gasteiger charge is -2.30. The number of nitrogens with one attached hydrogen (secondary N) is 2. The molecule has 1 rings (SSSR count). The summed E-state index contributed by atoms with van der Waals surface area (Å²) in [6, 6.07) is -0.305. The van der Waals surface area contributed by atoms with Gasteiger partial charge < -0.3 is 15.7 Å². The molecule has 118 valence electrons. The van der Waals surface area contributed by atoms with Gasteiger partial charge in [-0.1, -0.05) is 13.8 Å². The highest BCUT2D eigenvalue weighted by atomic mass is 32.2. The minimum absolute atomic E-state index is 0.0210. The van der Waals surface area contributed by atoms with E-state index < -0.39 is 9.84 Å². The lowest BCUT2D eigenvalue weighted by molar-refractivity contribution is -0.122. The number of sulfone groups is 1. The van der Waals surface area contributed by atoms with Crippen molar-refractivity contribution in [1.29, 1.82) is 0 Å². The van der Waals surface area contributed by atoms with Crippen molar-refractivity contribution >= 4 is 15.7 Å². The zero-order valence-electron chi connectivity index (χ0n) is 12.3. The number of hydrogen-bond donors (Lipinski definition) is 3. The van der Waals surface area contributed by atoms with Crippen molar-refractivity contribution in [3.05, 3.63) is 0 Å². The molecule has 0 spiro atoms. The summed E-state index contributed by atoms with van der Waals surface area (Å²) in [5.74, 6) is -0.00308. The van der Waals surface area contributed by atoms with Crippen LogP contribution in [0.2, 0.25) is 0 Å². The summed E-state index contributed by atoms with van der Waals surface area (Å²) < 4.78 is 23.0. The maximum absolute atomic E-state index is 11.9. The van der Waals surface area contributed by atoms with E-state index in [-0.39, 0.29) is 41.9 Å². The minimum Gasteiger partial charge on any atom is -0.396 e. The number of carbonyl (C=O) groups excluding carboxylic acids is 1. The van der Waals surface area contributed by atoms with Gasteiger partial charge in [-0.05, 0) is 12.8 Å². The molecule has 0 aromatic carbocycles. The number of carbonyl (C=O) groups is 1. The van der Waals surface area contributed by atoms with E-state index in [1.165, 1.54) is 0 Å². The van der Waals surface area contributed by atoms with Gasteiger partial charge >= 0.3 is 0 Å². The van der Waals surface area contributed by atoms with Gasteiger partial charge in [0.05, 0.1) is 18.1 Å². The van der Waals surface area contributed by atoms with Gasteiger partial charge in [0, 0.05) is 31.0 Å². The fourth-order valence-electron chi connectivity index (χ4n) is 2.36. The summed E-state index contributed by atoms with van der Waals surface area (Å²) in [6.45, 7) is 4.85. The van der Waals surface area contributed by atoms with Gasteiger partial charge in [-0.25, -0.2) is 8.42 Å². The summed E-state index contributed by atoms with van der Waals surface area (Å²) in [5.41, 5.74) is -0.276. The van der Waals surface area contributed by atoms with E-state index in [4.69, 9.17) is 0 Å². The summed E-state index contributed by atoms with van der Waals surface area (Å²) in [4.78, 5) is 11.9. The van der Waals surface area contributed by atoms with Crippen LogP contribution < -0.4 is 10.6 Å². The Labute approximate surface area is 121 Å². The number of amides is 1. The fourth-order valence-corrected chi connectivity index (χ4v) is 3.80. The Kier molecular flexibility index (Phi) is 6.42. The molecule has 1 unspecified atom stereocenters. The summed E-state index contributed by atoms with van der Waals surface area (Å²) >= 11 is 0. The standard InChI is InChI=1S/C13H26N2O4S/c1-3-13(4-2,10-16)9-15-12(17)7-11-8-20(18,19)6-5-14-11/h11,14,16H,3-10H2,1-2H3,(H,15,17). The normalized spacial score (nSPS) is 22.4. The molecule has 1 saturated heterocycles. The lowest BCUT2D eigenvalue weighted by Crippen LogP contribution is -2.48. The van der Waals surface area contributed by atoms with E-state index in [1.807, 2.05) is 13.8 Å². The largest absolute Gasteiger partial charge is 0.396 e. The molecule has 1 aliphatic rings. The van der Waals surface area contributed by atoms with E-state index in [1.54, 1.807) is 0 Å². The van der Waals surface area contributed by atoms with Crippen LogP contribution in [0.1, 0.15) is 33.1 Å². The van der Waals surface area contributed by atoms with Crippen molar-refractivity contribution in [1.82, 2.24) is 10.6 Å². The van der Waals surface area contributed by atoms with Crippen molar-refractivity contribution in [3.8, 4) is 0 Å². The second-order valence-corrected chi connectivity index (χ2v) is 7.84. The molecule has 1 fully saturated rings. The predicted octanol–water partition coefficient (Wildman–Crippen LogP) is -0.322. The number of aliphatic hydroxyl groups excluding tert-OH is 1. The van der Waals surface area contributed by atoms with Crippen LogP contribution in [0, 0.1) is 5.41 Å². The van der Waals surface area contributed by atoms with Crippen molar-refractivity contribution in [2.45, 2.75) is 39.2 Å². The molecule has 1 atom stereocenters. The monoisotopic (exact) mass is 306 g/mol. The summed E-state index contributed by atoms with van der Waals surface area (Å²) in [6.07, 6.45) is 1.74. The zero-order chi connectivity index (χ0) is 15.2. The predicted molar refractivity (Wildman–Crippen MR) is 78.2 cm³/mol. The Morgan fingerprint density at radius 3 is 2.55 bits per heavy atom. The first-order valence-electron chi connectivity index (χ1n) is 7.18. The lowest BCUT2D eigenvalue weighted by atomic mass is 9.83. The minimum atomic E-state index is -3.02. The van der Waals surface area contributed by atoms with Gasteiger partial charge in [-0.15, -0.1) is 0 Å². The molecule has 1 amide bonds. The van der Waals surface area contributed by atoms with Crippen LogP contribution in [0.4, 0.5) is 0 Å². The van der Waals surface area contributed by atoms with Crippen LogP contribution in [0.3, 0.4) is 0 Å². The first-order chi connectivity index (χ1) is 9.36. The van der Waals surface area contributed by atoms with Crippen molar-refractivity contribution in [2.75, 3.05) is 31.2 Å². The van der Waals surface area contributed by atoms with Crippen LogP contribution >= 0.6 is 0 Å². The van der Waals surface area contributed by atoms with Crippen molar-refractivity contribution < 1.29 is 18.3 Å². The highest BCUT2D eigenvalue weighted by Gasteiger charge is 2.28. The molecule has 0 aromatic heterocycles. The van der Waals surface area contributed by atoms with Crippen molar-refractivity contribution in [2.24, 2.45) is 5.41 Å². The van der Waals surface area contributed by atoms with E-state index in [2.05, 4.69) is 10.6 Å². The Morgan fingerprint density at radius 1 is 1.40 bits per heavy atom. The molecule has 7 heteroatoms. The van der Waals surface area contributed by atoms with Gasteiger partial charge in [0.25, 0.3) is 0 Å². The zero-order valence-corrected chi connectivity index (χ0v) is 13.1. The third-order valence-corrected chi connectivity index (χ3v) is 5.97. The van der Waals surface area contributed by atoms with E-state index >= 15 is 0 Å². The third kappa shape index (κ3) is 5.03. The quantitative estimate of drug-likeness (QED) is 0.599. The van der Waals surface area contributed by atoms with Crippen molar-refractivity contribution in [3.63, 3.8) is 0 Å². The molecule has 20 heavy (non-hydrogen) atoms. The SMILES string of the molecule is CCC(CC)(CO)CNC(=O)CC1CS(=O)(=O)CCN1. The van der Waals surface area contributed by atoms with Gasteiger partial charge in [-0.3, -0.25) is 4.79 Å². The highest BCUT2D eigenvalue weighted by Crippen LogP contribution is 2.24. The number of hydrogen-bond acceptors (Lipinski definition) is 5. The third-order valence-electron chi connectivity index (χ3n) is 4.23. The van der Waals surface area contributed by atoms with Gasteiger partial charge in [0.2, 0.25) is 5.91 Å². The Morgan fingerprint density at radius 2 is 2.05 bits per heavy atom. The average molecular weight is 306 g/mol. The fraction of sp³-hybridized carbons (Fsp3) is 0.923. The molecular formula is C13H26N2O4S. The number of rotatable bonds is 7. The maximum atomic E-state index is 11.9. The van der Waals surface area contributed by atoms with Crippen LogP contribution in [0.15, 0.2) is 0 Å². The van der Waals surface area contributed by atoms with E-state index in [0.29, 0.717) is 13.1 Å². The molecule has 0 bridgehead atoms. The first-order valence-corrected chi connectivity index (χ1v) is 9.00. The Hall–Kier alpha value is -0.660. The van der Waals surface area contributed by atoms with Crippen LogP contribution in [0.5, 0.6) is 0 Å². The molecule has 0 aliphatic carbocycles. The van der Waals surface area contributed by atoms with Crippen LogP contribution in [-0.4, -0.2) is 56.7 Å². The molecule has 0 aromatic rings. The van der Waals surface area contributed by atoms with Gasteiger partial charge in [0.1, 0.15) is 0 Å². The topological polar surface area (TPSA) is 95.5 Å². The maximum Gasteiger partial charge on any atom is 0.221 e. The Balaban J connectivity index is 2.44. The highest BCUT2D eigenvalue weighted by molar-refractivity contribution is 7.91. The average Bonchev–Trinajstić information content (AvgIpc) is 2.40. The van der Waals surface area contributed by atoms with E-state index in [9.17, 15) is 18.3 Å². The molecule has 0 radical (unpaired) electrons. The summed E-state index contributed by atoms with van der Waals surface area (Å²) in [5, 5.41) is 15.3.